The van der Waals surface area contributed by atoms with E-state index in [9.17, 15) is 0 Å². The molecule has 0 aliphatic heterocycles. The van der Waals surface area contributed by atoms with E-state index < -0.39 is 0 Å². The first-order valence-corrected chi connectivity index (χ1v) is 9.62. The Kier molecular flexibility index (Phi) is 4.85. The lowest BCUT2D eigenvalue weighted by molar-refractivity contribution is 0.466. The van der Waals surface area contributed by atoms with Crippen molar-refractivity contribution in [3.8, 4) is 11.5 Å². The van der Waals surface area contributed by atoms with Crippen LogP contribution in [0.3, 0.4) is 0 Å². The van der Waals surface area contributed by atoms with Gasteiger partial charge in [0.05, 0.1) is 16.2 Å². The minimum absolute atomic E-state index is 0.456. The van der Waals surface area contributed by atoms with E-state index in [-0.39, 0.29) is 0 Å². The van der Waals surface area contributed by atoms with E-state index in [1.54, 1.807) is 12.1 Å². The number of fused-ring (bicyclic) bond motifs is 1. The monoisotopic (exact) mass is 401 g/mol. The third-order valence-electron chi connectivity index (χ3n) is 3.98. The van der Waals surface area contributed by atoms with E-state index in [1.165, 1.54) is 11.8 Å². The highest BCUT2D eigenvalue weighted by Crippen LogP contribution is 2.32. The molecule has 0 bridgehead atoms. The van der Waals surface area contributed by atoms with Crippen molar-refractivity contribution in [3.63, 3.8) is 0 Å². The van der Waals surface area contributed by atoms with Crippen LogP contribution in [0.1, 0.15) is 11.3 Å². The smallest absolute Gasteiger partial charge is 0.277 e. The number of hydrogen-bond acceptors (Lipinski definition) is 5. The molecule has 0 aliphatic carbocycles. The van der Waals surface area contributed by atoms with Gasteiger partial charge in [0.25, 0.3) is 5.22 Å². The number of thioether (sulfide) groups is 1. The van der Waals surface area contributed by atoms with Crippen LogP contribution < -0.4 is 0 Å². The molecule has 0 saturated carbocycles. The van der Waals surface area contributed by atoms with Gasteiger partial charge >= 0.3 is 0 Å². The molecule has 2 heterocycles. The van der Waals surface area contributed by atoms with Gasteiger partial charge in [0.1, 0.15) is 0 Å². The summed E-state index contributed by atoms with van der Waals surface area (Å²) in [4.78, 5) is 4.67. The van der Waals surface area contributed by atoms with Gasteiger partial charge in [-0.25, -0.2) is 0 Å². The summed E-state index contributed by atoms with van der Waals surface area (Å²) in [6, 6.07) is 15.2. The number of para-hydroxylation sites is 1. The Labute approximate surface area is 164 Å². The SMILES string of the molecule is Cc1c(Cl)c(CSc2nnc(-c3ccc(Cl)cc3)o2)nc2ccccc12. The van der Waals surface area contributed by atoms with Gasteiger partial charge in [0.15, 0.2) is 0 Å². The third kappa shape index (κ3) is 3.43. The van der Waals surface area contributed by atoms with Crippen molar-refractivity contribution in [1.29, 1.82) is 0 Å². The van der Waals surface area contributed by atoms with Gasteiger partial charge in [-0.1, -0.05) is 53.2 Å². The molecule has 0 aliphatic rings. The predicted octanol–water partition coefficient (Wildman–Crippen LogP) is 6.19. The summed E-state index contributed by atoms with van der Waals surface area (Å²) in [7, 11) is 0. The van der Waals surface area contributed by atoms with Crippen LogP contribution in [0.4, 0.5) is 0 Å². The molecule has 0 atom stereocenters. The minimum atomic E-state index is 0.456. The quantitative estimate of drug-likeness (QED) is 0.381. The van der Waals surface area contributed by atoms with Crippen LogP contribution in [0.5, 0.6) is 0 Å². The van der Waals surface area contributed by atoms with E-state index >= 15 is 0 Å². The van der Waals surface area contributed by atoms with Gasteiger partial charge in [-0.3, -0.25) is 4.98 Å². The molecule has 0 spiro atoms. The second-order valence-corrected chi connectivity index (χ2v) is 7.42. The second kappa shape index (κ2) is 7.27. The molecule has 0 unspecified atom stereocenters. The lowest BCUT2D eigenvalue weighted by Crippen LogP contribution is -1.94. The fraction of sp³-hybridized carbons (Fsp3) is 0.105. The Morgan fingerprint density at radius 2 is 1.77 bits per heavy atom. The highest BCUT2D eigenvalue weighted by molar-refractivity contribution is 7.98. The minimum Gasteiger partial charge on any atom is -0.411 e. The van der Waals surface area contributed by atoms with E-state index in [4.69, 9.17) is 27.6 Å². The summed E-state index contributed by atoms with van der Waals surface area (Å²) in [5, 5.41) is 11.0. The summed E-state index contributed by atoms with van der Waals surface area (Å²) in [6.07, 6.45) is 0. The maximum atomic E-state index is 6.50. The van der Waals surface area contributed by atoms with Crippen molar-refractivity contribution in [1.82, 2.24) is 15.2 Å². The van der Waals surface area contributed by atoms with Crippen molar-refractivity contribution >= 4 is 45.9 Å². The molecule has 4 aromatic rings. The molecule has 2 aromatic carbocycles. The molecule has 7 heteroatoms. The first-order valence-electron chi connectivity index (χ1n) is 7.88. The molecule has 4 rings (SSSR count). The number of aryl methyl sites for hydroxylation is 1. The van der Waals surface area contributed by atoms with Gasteiger partial charge in [0, 0.05) is 21.7 Å². The van der Waals surface area contributed by atoms with Gasteiger partial charge in [0.2, 0.25) is 5.89 Å². The Balaban J connectivity index is 1.55. The summed E-state index contributed by atoms with van der Waals surface area (Å²) in [5.41, 5.74) is 3.59. The molecular formula is C19H13Cl2N3OS. The van der Waals surface area contributed by atoms with Crippen LogP contribution in [0, 0.1) is 6.92 Å². The van der Waals surface area contributed by atoms with Crippen molar-refractivity contribution in [3.05, 3.63) is 69.8 Å². The zero-order valence-corrected chi connectivity index (χ0v) is 16.1. The van der Waals surface area contributed by atoms with E-state index in [0.717, 1.165) is 27.7 Å². The lowest BCUT2D eigenvalue weighted by Gasteiger charge is -2.08. The summed E-state index contributed by atoms with van der Waals surface area (Å²) in [5.74, 6) is 1.00. The predicted molar refractivity (Wildman–Crippen MR) is 106 cm³/mol. The molecule has 0 N–H and O–H groups in total. The molecule has 4 nitrogen and oxygen atoms in total. The van der Waals surface area contributed by atoms with Crippen LogP contribution in [-0.2, 0) is 5.75 Å². The Bertz CT molecular complexity index is 1080. The van der Waals surface area contributed by atoms with Gasteiger partial charge in [-0.05, 0) is 42.8 Å². The first-order chi connectivity index (χ1) is 12.6. The van der Waals surface area contributed by atoms with Crippen molar-refractivity contribution in [2.24, 2.45) is 0 Å². The number of halogens is 2. The van der Waals surface area contributed by atoms with Crippen LogP contribution in [0.15, 0.2) is 58.2 Å². The van der Waals surface area contributed by atoms with Crippen molar-refractivity contribution in [2.75, 3.05) is 0 Å². The van der Waals surface area contributed by atoms with E-state index in [1.807, 2.05) is 43.3 Å². The third-order valence-corrected chi connectivity index (χ3v) is 5.56. The summed E-state index contributed by atoms with van der Waals surface area (Å²) < 4.78 is 5.72. The fourth-order valence-electron chi connectivity index (χ4n) is 2.62. The molecule has 26 heavy (non-hydrogen) atoms. The lowest BCUT2D eigenvalue weighted by atomic mass is 10.1. The van der Waals surface area contributed by atoms with Crippen LogP contribution >= 0.6 is 35.0 Å². The topological polar surface area (TPSA) is 51.8 Å². The largest absolute Gasteiger partial charge is 0.411 e. The number of rotatable bonds is 4. The molecule has 0 amide bonds. The normalized spacial score (nSPS) is 11.2. The van der Waals surface area contributed by atoms with E-state index in [0.29, 0.717) is 26.9 Å². The maximum Gasteiger partial charge on any atom is 0.277 e. The van der Waals surface area contributed by atoms with Crippen LogP contribution in [0.25, 0.3) is 22.4 Å². The first kappa shape index (κ1) is 17.3. The molecule has 130 valence electrons. The molecule has 2 aromatic heterocycles. The molecular weight excluding hydrogens is 389 g/mol. The Morgan fingerprint density at radius 1 is 1.00 bits per heavy atom. The molecule has 0 radical (unpaired) electrons. The van der Waals surface area contributed by atoms with Crippen molar-refractivity contribution < 1.29 is 4.42 Å². The number of aromatic nitrogens is 3. The zero-order chi connectivity index (χ0) is 18.1. The Hall–Kier alpha value is -2.08. The second-order valence-electron chi connectivity index (χ2n) is 5.68. The maximum absolute atomic E-state index is 6.50. The summed E-state index contributed by atoms with van der Waals surface area (Å²) in [6.45, 7) is 2.01. The van der Waals surface area contributed by atoms with Gasteiger partial charge in [-0.2, -0.15) is 0 Å². The van der Waals surface area contributed by atoms with Crippen LogP contribution in [0.2, 0.25) is 10.0 Å². The molecule has 0 fully saturated rings. The Morgan fingerprint density at radius 3 is 2.58 bits per heavy atom. The average Bonchev–Trinajstić information content (AvgIpc) is 3.13. The van der Waals surface area contributed by atoms with Gasteiger partial charge < -0.3 is 4.42 Å². The molecule has 0 saturated heterocycles. The number of benzene rings is 2. The summed E-state index contributed by atoms with van der Waals surface area (Å²) >= 11 is 13.8. The highest BCUT2D eigenvalue weighted by Gasteiger charge is 2.13. The number of nitrogens with zero attached hydrogens (tertiary/aromatic N) is 3. The van der Waals surface area contributed by atoms with Crippen LogP contribution in [-0.4, -0.2) is 15.2 Å². The standard InChI is InChI=1S/C19H13Cl2N3OS/c1-11-14-4-2-3-5-15(14)22-16(17(11)21)10-26-19-24-23-18(25-19)12-6-8-13(20)9-7-12/h2-9H,10H2,1H3. The van der Waals surface area contributed by atoms with Gasteiger partial charge in [-0.15, -0.1) is 10.2 Å². The number of pyridine rings is 1. The highest BCUT2D eigenvalue weighted by atomic mass is 35.5. The number of hydrogen-bond donors (Lipinski definition) is 0. The zero-order valence-electron chi connectivity index (χ0n) is 13.7. The van der Waals surface area contributed by atoms with E-state index in [2.05, 4.69) is 15.2 Å². The average molecular weight is 402 g/mol. The fourth-order valence-corrected chi connectivity index (χ4v) is 3.74. The van der Waals surface area contributed by atoms with Crippen molar-refractivity contribution in [2.45, 2.75) is 17.9 Å².